The van der Waals surface area contributed by atoms with E-state index in [0.29, 0.717) is 29.2 Å². The Morgan fingerprint density at radius 2 is 1.94 bits per heavy atom. The second-order valence-electron chi connectivity index (χ2n) is 7.37. The number of thioether (sulfide) groups is 1. The quantitative estimate of drug-likeness (QED) is 0.435. The molecule has 3 aromatic rings. The summed E-state index contributed by atoms with van der Waals surface area (Å²) in [6, 6.07) is 11.2. The molecule has 4 rings (SSSR count). The number of anilines is 1. The minimum Gasteiger partial charge on any atom is -0.376 e. The molecule has 1 fully saturated rings. The van der Waals surface area contributed by atoms with Gasteiger partial charge in [-0.3, -0.25) is 14.2 Å². The van der Waals surface area contributed by atoms with Crippen molar-refractivity contribution >= 4 is 34.3 Å². The van der Waals surface area contributed by atoms with E-state index in [1.54, 1.807) is 24.3 Å². The number of alkyl halides is 3. The molecule has 32 heavy (non-hydrogen) atoms. The van der Waals surface area contributed by atoms with Crippen molar-refractivity contribution in [3.05, 3.63) is 64.4 Å². The van der Waals surface area contributed by atoms with Crippen LogP contribution in [0, 0.1) is 0 Å². The SMILES string of the molecule is O=C(CSc1nc2ccccc2c(=O)n1CC1CCCO1)Nc1ccc(C(F)(F)F)cc1. The Balaban J connectivity index is 1.50. The second-order valence-corrected chi connectivity index (χ2v) is 8.32. The first-order valence-corrected chi connectivity index (χ1v) is 11.0. The van der Waals surface area contributed by atoms with E-state index in [1.807, 2.05) is 0 Å². The van der Waals surface area contributed by atoms with Crippen LogP contribution in [0.1, 0.15) is 18.4 Å². The molecule has 2 aromatic carbocycles. The zero-order valence-electron chi connectivity index (χ0n) is 16.9. The van der Waals surface area contributed by atoms with Crippen LogP contribution < -0.4 is 10.9 Å². The van der Waals surface area contributed by atoms with Crippen molar-refractivity contribution in [1.29, 1.82) is 0 Å². The molecule has 0 bridgehead atoms. The number of halogens is 3. The second kappa shape index (κ2) is 9.33. The highest BCUT2D eigenvalue weighted by molar-refractivity contribution is 7.99. The lowest BCUT2D eigenvalue weighted by molar-refractivity contribution is -0.137. The molecule has 0 aliphatic carbocycles. The van der Waals surface area contributed by atoms with Gasteiger partial charge >= 0.3 is 6.18 Å². The van der Waals surface area contributed by atoms with E-state index in [4.69, 9.17) is 4.74 Å². The molecule has 0 spiro atoms. The summed E-state index contributed by atoms with van der Waals surface area (Å²) in [5.74, 6) is -0.474. The predicted octanol–water partition coefficient (Wildman–Crippen LogP) is 4.33. The average molecular weight is 463 g/mol. The minimum atomic E-state index is -4.44. The molecule has 0 radical (unpaired) electrons. The summed E-state index contributed by atoms with van der Waals surface area (Å²) in [6.45, 7) is 0.998. The molecule has 1 aliphatic rings. The van der Waals surface area contributed by atoms with Crippen LogP contribution >= 0.6 is 11.8 Å². The van der Waals surface area contributed by atoms with Crippen LogP contribution in [0.2, 0.25) is 0 Å². The fourth-order valence-corrected chi connectivity index (χ4v) is 4.29. The van der Waals surface area contributed by atoms with Crippen LogP contribution in [0.3, 0.4) is 0 Å². The highest BCUT2D eigenvalue weighted by Crippen LogP contribution is 2.30. The van der Waals surface area contributed by atoms with Gasteiger partial charge in [0.1, 0.15) is 0 Å². The van der Waals surface area contributed by atoms with Gasteiger partial charge in [-0.05, 0) is 49.2 Å². The van der Waals surface area contributed by atoms with Crippen molar-refractivity contribution in [2.24, 2.45) is 0 Å². The summed E-state index contributed by atoms with van der Waals surface area (Å²) in [6.07, 6.45) is -2.75. The van der Waals surface area contributed by atoms with Crippen LogP contribution in [0.15, 0.2) is 58.5 Å². The van der Waals surface area contributed by atoms with E-state index in [2.05, 4.69) is 10.3 Å². The largest absolute Gasteiger partial charge is 0.416 e. The van der Waals surface area contributed by atoms with Crippen molar-refractivity contribution in [3.8, 4) is 0 Å². The molecule has 0 saturated carbocycles. The van der Waals surface area contributed by atoms with Gasteiger partial charge in [-0.15, -0.1) is 0 Å². The highest BCUT2D eigenvalue weighted by Gasteiger charge is 2.30. The maximum atomic E-state index is 13.0. The van der Waals surface area contributed by atoms with Crippen LogP contribution in [-0.2, 0) is 22.3 Å². The Labute approximate surface area is 185 Å². The van der Waals surface area contributed by atoms with Crippen LogP contribution in [0.4, 0.5) is 18.9 Å². The van der Waals surface area contributed by atoms with E-state index in [9.17, 15) is 22.8 Å². The first-order valence-electron chi connectivity index (χ1n) is 10.0. The van der Waals surface area contributed by atoms with Gasteiger partial charge in [0.2, 0.25) is 5.91 Å². The van der Waals surface area contributed by atoms with E-state index in [0.717, 1.165) is 36.7 Å². The topological polar surface area (TPSA) is 73.2 Å². The van der Waals surface area contributed by atoms with Crippen molar-refractivity contribution in [1.82, 2.24) is 9.55 Å². The van der Waals surface area contributed by atoms with Gasteiger partial charge in [0.25, 0.3) is 5.56 Å². The Morgan fingerprint density at radius 1 is 1.19 bits per heavy atom. The lowest BCUT2D eigenvalue weighted by Gasteiger charge is -2.16. The van der Waals surface area contributed by atoms with Gasteiger partial charge in [0.05, 0.1) is 34.9 Å². The monoisotopic (exact) mass is 463 g/mol. The summed E-state index contributed by atoms with van der Waals surface area (Å²) in [7, 11) is 0. The number of ether oxygens (including phenoxy) is 1. The minimum absolute atomic E-state index is 0.0582. The molecule has 1 unspecified atom stereocenters. The highest BCUT2D eigenvalue weighted by atomic mass is 32.2. The summed E-state index contributed by atoms with van der Waals surface area (Å²) >= 11 is 1.10. The molecular formula is C22H20F3N3O3S. The molecule has 168 valence electrons. The zero-order valence-corrected chi connectivity index (χ0v) is 17.7. The van der Waals surface area contributed by atoms with Gasteiger partial charge < -0.3 is 10.1 Å². The Bertz CT molecular complexity index is 1170. The molecule has 1 aliphatic heterocycles. The molecule has 6 nitrogen and oxygen atoms in total. The maximum absolute atomic E-state index is 13.0. The molecular weight excluding hydrogens is 443 g/mol. The van der Waals surface area contributed by atoms with Crippen molar-refractivity contribution in [3.63, 3.8) is 0 Å². The van der Waals surface area contributed by atoms with Gasteiger partial charge in [-0.1, -0.05) is 23.9 Å². The molecule has 1 saturated heterocycles. The Hall–Kier alpha value is -2.85. The van der Waals surface area contributed by atoms with Crippen molar-refractivity contribution < 1.29 is 22.7 Å². The summed E-state index contributed by atoms with van der Waals surface area (Å²) in [5, 5.41) is 3.45. The number of nitrogens with zero attached hydrogens (tertiary/aromatic N) is 2. The lowest BCUT2D eigenvalue weighted by atomic mass is 10.2. The Morgan fingerprint density at radius 3 is 2.62 bits per heavy atom. The number of amides is 1. The number of fused-ring (bicyclic) bond motifs is 1. The average Bonchev–Trinajstić information content (AvgIpc) is 3.27. The summed E-state index contributed by atoms with van der Waals surface area (Å²) in [5.41, 5.74) is -0.196. The number of carbonyl (C=O) groups excluding carboxylic acids is 1. The normalized spacial score (nSPS) is 16.4. The van der Waals surface area contributed by atoms with E-state index in [1.165, 1.54) is 16.7 Å². The van der Waals surface area contributed by atoms with Crippen molar-refractivity contribution in [2.75, 3.05) is 17.7 Å². The standard InChI is InChI=1S/C22H20F3N3O3S/c23-22(24,25)14-7-9-15(10-8-14)26-19(29)13-32-21-27-18-6-2-1-5-17(18)20(30)28(21)12-16-4-3-11-31-16/h1-2,5-10,16H,3-4,11-13H2,(H,26,29). The van der Waals surface area contributed by atoms with Gasteiger partial charge in [-0.2, -0.15) is 13.2 Å². The zero-order chi connectivity index (χ0) is 22.7. The van der Waals surface area contributed by atoms with Crippen LogP contribution in [0.25, 0.3) is 10.9 Å². The number of aromatic nitrogens is 2. The summed E-state index contributed by atoms with van der Waals surface area (Å²) in [4.78, 5) is 30.0. The Kier molecular flexibility index (Phi) is 6.52. The number of benzene rings is 2. The van der Waals surface area contributed by atoms with E-state index >= 15 is 0 Å². The third kappa shape index (κ3) is 5.13. The fourth-order valence-electron chi connectivity index (χ4n) is 3.48. The molecule has 1 aromatic heterocycles. The fraction of sp³-hybridized carbons (Fsp3) is 0.318. The van der Waals surface area contributed by atoms with Gasteiger partial charge in [-0.25, -0.2) is 4.98 Å². The maximum Gasteiger partial charge on any atom is 0.416 e. The number of rotatable bonds is 6. The number of hydrogen-bond donors (Lipinski definition) is 1. The molecule has 1 N–H and O–H groups in total. The smallest absolute Gasteiger partial charge is 0.376 e. The third-order valence-corrected chi connectivity index (χ3v) is 6.04. The number of carbonyl (C=O) groups is 1. The number of hydrogen-bond acceptors (Lipinski definition) is 5. The van der Waals surface area contributed by atoms with E-state index in [-0.39, 0.29) is 23.1 Å². The van der Waals surface area contributed by atoms with E-state index < -0.39 is 17.6 Å². The molecule has 2 heterocycles. The molecule has 10 heteroatoms. The number of nitrogens with one attached hydrogen (secondary N) is 1. The molecule has 1 amide bonds. The van der Waals surface area contributed by atoms with Crippen LogP contribution in [0.5, 0.6) is 0 Å². The van der Waals surface area contributed by atoms with Gasteiger partial charge in [0.15, 0.2) is 5.16 Å². The third-order valence-electron chi connectivity index (χ3n) is 5.07. The predicted molar refractivity (Wildman–Crippen MR) is 116 cm³/mol. The number of para-hydroxylation sites is 1. The van der Waals surface area contributed by atoms with Crippen LogP contribution in [-0.4, -0.2) is 33.9 Å². The van der Waals surface area contributed by atoms with Crippen molar-refractivity contribution in [2.45, 2.75) is 36.8 Å². The lowest BCUT2D eigenvalue weighted by Crippen LogP contribution is -2.29. The first-order chi connectivity index (χ1) is 15.3. The van der Waals surface area contributed by atoms with Gasteiger partial charge in [0, 0.05) is 12.3 Å². The molecule has 1 atom stereocenters. The first kappa shape index (κ1) is 22.3. The summed E-state index contributed by atoms with van der Waals surface area (Å²) < 4.78 is 45.2.